The minimum absolute atomic E-state index is 0.0291. The fourth-order valence-corrected chi connectivity index (χ4v) is 8.42. The van der Waals surface area contributed by atoms with Gasteiger partial charge in [0.15, 0.2) is 0 Å². The Morgan fingerprint density at radius 3 is 2.57 bits per heavy atom. The largest absolute Gasteiger partial charge is 0.378 e. The van der Waals surface area contributed by atoms with Crippen LogP contribution in [0.25, 0.3) is 22.3 Å². The zero-order valence-corrected chi connectivity index (χ0v) is 30.9. The Kier molecular flexibility index (Phi) is 10.1. The lowest BCUT2D eigenvalue weighted by molar-refractivity contribution is -0.128. The maximum atomic E-state index is 13.3. The normalized spacial score (nSPS) is 20.2. The maximum absolute atomic E-state index is 13.3. The van der Waals surface area contributed by atoms with E-state index in [9.17, 15) is 14.4 Å². The van der Waals surface area contributed by atoms with E-state index < -0.39 is 0 Å². The number of amides is 3. The van der Waals surface area contributed by atoms with E-state index in [2.05, 4.69) is 57.9 Å². The molecule has 1 aromatic carbocycles. The first-order valence-corrected chi connectivity index (χ1v) is 18.9. The second-order valence-electron chi connectivity index (χ2n) is 15.3. The van der Waals surface area contributed by atoms with Gasteiger partial charge in [0.2, 0.25) is 11.8 Å². The highest BCUT2D eigenvalue weighted by Gasteiger charge is 2.48. The molecule has 3 aromatic heterocycles. The molecule has 14 nitrogen and oxygen atoms in total. The third-order valence-corrected chi connectivity index (χ3v) is 11.2. The monoisotopic (exact) mass is 732 g/mol. The highest BCUT2D eigenvalue weighted by molar-refractivity contribution is 6.03. The summed E-state index contributed by atoms with van der Waals surface area (Å²) in [4.78, 5) is 63.6. The Morgan fingerprint density at radius 2 is 1.80 bits per heavy atom. The highest BCUT2D eigenvalue weighted by atomic mass is 16.5. The van der Waals surface area contributed by atoms with Crippen molar-refractivity contribution >= 4 is 40.3 Å². The third kappa shape index (κ3) is 7.86. The molecule has 4 aliphatic heterocycles. The number of carbonyl (C=O) groups excluding carboxylic acids is 3. The van der Waals surface area contributed by atoms with Crippen LogP contribution in [0.4, 0.5) is 11.5 Å². The molecular formula is C40H48N10O4. The van der Waals surface area contributed by atoms with Crippen LogP contribution in [0, 0.1) is 5.41 Å². The van der Waals surface area contributed by atoms with E-state index in [4.69, 9.17) is 4.74 Å². The molecule has 4 fully saturated rings. The smallest absolute Gasteiger partial charge is 0.274 e. The molecule has 7 heterocycles. The number of likely N-dealkylation sites (tertiary alicyclic amines) is 3. The molecule has 14 heteroatoms. The lowest BCUT2D eigenvalue weighted by Gasteiger charge is -2.48. The molecule has 0 bridgehead atoms. The summed E-state index contributed by atoms with van der Waals surface area (Å²) in [6.07, 6.45) is 6.17. The Labute approximate surface area is 315 Å². The van der Waals surface area contributed by atoms with Crippen molar-refractivity contribution in [2.75, 3.05) is 82.3 Å². The van der Waals surface area contributed by atoms with Gasteiger partial charge in [-0.1, -0.05) is 18.7 Å². The summed E-state index contributed by atoms with van der Waals surface area (Å²) >= 11 is 0. The number of rotatable bonds is 10. The molecule has 8 rings (SSSR count). The van der Waals surface area contributed by atoms with E-state index in [1.54, 1.807) is 19.4 Å². The lowest BCUT2D eigenvalue weighted by Crippen LogP contribution is -2.58. The van der Waals surface area contributed by atoms with E-state index in [0.717, 1.165) is 105 Å². The van der Waals surface area contributed by atoms with Crippen LogP contribution >= 0.6 is 0 Å². The number of aromatic nitrogens is 4. The van der Waals surface area contributed by atoms with Crippen molar-refractivity contribution in [3.05, 3.63) is 78.4 Å². The maximum Gasteiger partial charge on any atom is 0.274 e. The molecule has 0 unspecified atom stereocenters. The number of anilines is 2. The third-order valence-electron chi connectivity index (χ3n) is 11.2. The van der Waals surface area contributed by atoms with Crippen molar-refractivity contribution in [2.45, 2.75) is 38.8 Å². The molecule has 0 radical (unpaired) electrons. The van der Waals surface area contributed by atoms with Crippen LogP contribution in [0.5, 0.6) is 0 Å². The number of aromatic amines is 1. The summed E-state index contributed by atoms with van der Waals surface area (Å²) < 4.78 is 5.51. The molecule has 54 heavy (non-hydrogen) atoms. The lowest BCUT2D eigenvalue weighted by atomic mass is 9.79. The predicted octanol–water partition coefficient (Wildman–Crippen LogP) is 3.30. The molecule has 3 amide bonds. The van der Waals surface area contributed by atoms with E-state index in [1.165, 1.54) is 0 Å². The molecule has 3 N–H and O–H groups in total. The van der Waals surface area contributed by atoms with E-state index in [1.807, 2.05) is 41.3 Å². The van der Waals surface area contributed by atoms with E-state index in [-0.39, 0.29) is 29.2 Å². The number of benzene rings is 1. The minimum atomic E-state index is -0.278. The second kappa shape index (κ2) is 15.3. The summed E-state index contributed by atoms with van der Waals surface area (Å²) in [6.45, 7) is 15.0. The minimum Gasteiger partial charge on any atom is -0.378 e. The fraction of sp³-hybridized carbons (Fsp3) is 0.450. The molecular weight excluding hydrogens is 685 g/mol. The van der Waals surface area contributed by atoms with Crippen molar-refractivity contribution in [3.63, 3.8) is 0 Å². The first kappa shape index (κ1) is 35.8. The SMILES string of the molecule is C=C(CN1CC2(CCN(C(C)=O)C2)C1)C(=O)N[C@@H]1CCCN(Cc2ccnc(C(=O)Nc3ccc(-c4cc5c(N6CCOCC6)ncnc5[nH]4)cc3)c2)C1. The van der Waals surface area contributed by atoms with Crippen LogP contribution in [0.3, 0.4) is 0 Å². The Hall–Kier alpha value is -5.18. The average Bonchev–Trinajstić information content (AvgIpc) is 3.82. The van der Waals surface area contributed by atoms with Gasteiger partial charge in [0, 0.05) is 100 Å². The van der Waals surface area contributed by atoms with Gasteiger partial charge in [0.1, 0.15) is 23.5 Å². The van der Waals surface area contributed by atoms with Crippen LogP contribution in [-0.2, 0) is 20.9 Å². The van der Waals surface area contributed by atoms with Gasteiger partial charge in [-0.15, -0.1) is 0 Å². The Balaban J connectivity index is 0.819. The number of nitrogens with zero attached hydrogens (tertiary/aromatic N) is 7. The van der Waals surface area contributed by atoms with Gasteiger partial charge in [-0.3, -0.25) is 29.2 Å². The number of nitrogens with one attached hydrogen (secondary N) is 3. The number of H-pyrrole nitrogens is 1. The molecule has 4 aromatic rings. The summed E-state index contributed by atoms with van der Waals surface area (Å²) in [5.41, 5.74) is 5.43. The number of carbonyl (C=O) groups is 3. The topological polar surface area (TPSA) is 152 Å². The zero-order chi connectivity index (χ0) is 37.2. The summed E-state index contributed by atoms with van der Waals surface area (Å²) in [5.74, 6) is 0.670. The number of fused-ring (bicyclic) bond motifs is 1. The van der Waals surface area contributed by atoms with Gasteiger partial charge in [-0.2, -0.15) is 0 Å². The second-order valence-corrected chi connectivity index (χ2v) is 15.3. The van der Waals surface area contributed by atoms with Gasteiger partial charge in [-0.25, -0.2) is 9.97 Å². The molecule has 1 atom stereocenters. The van der Waals surface area contributed by atoms with Crippen LogP contribution in [0.1, 0.15) is 42.2 Å². The van der Waals surface area contributed by atoms with Gasteiger partial charge in [-0.05, 0) is 67.3 Å². The number of hydrogen-bond acceptors (Lipinski definition) is 10. The van der Waals surface area contributed by atoms with Crippen molar-refractivity contribution in [3.8, 4) is 11.3 Å². The van der Waals surface area contributed by atoms with Gasteiger partial charge >= 0.3 is 0 Å². The van der Waals surface area contributed by atoms with Gasteiger partial charge < -0.3 is 30.2 Å². The first-order chi connectivity index (χ1) is 26.2. The van der Waals surface area contributed by atoms with Crippen molar-refractivity contribution in [2.24, 2.45) is 5.41 Å². The summed E-state index contributed by atoms with van der Waals surface area (Å²) in [7, 11) is 0. The van der Waals surface area contributed by atoms with Crippen molar-refractivity contribution < 1.29 is 19.1 Å². The number of pyridine rings is 1. The van der Waals surface area contributed by atoms with E-state index in [0.29, 0.717) is 43.3 Å². The molecule has 1 spiro atoms. The number of piperidine rings is 1. The van der Waals surface area contributed by atoms with Gasteiger partial charge in [0.05, 0.1) is 18.6 Å². The number of morpholine rings is 1. The van der Waals surface area contributed by atoms with Crippen LogP contribution in [0.15, 0.2) is 67.1 Å². The quantitative estimate of drug-likeness (QED) is 0.207. The zero-order valence-electron chi connectivity index (χ0n) is 30.9. The molecule has 4 aliphatic rings. The number of hydrogen-bond donors (Lipinski definition) is 3. The fourth-order valence-electron chi connectivity index (χ4n) is 8.42. The first-order valence-electron chi connectivity index (χ1n) is 18.9. The standard InChI is InChI=1S/C40H48N10O4/c1-27(20-48-23-40(24-48)10-13-50(25-40)28(2)51)38(52)45-32-4-3-12-47(22-32)21-29-9-11-41-35(18-29)39(53)44-31-7-5-30(6-8-31)34-19-33-36(46-34)42-26-43-37(33)49-14-16-54-17-15-49/h5-9,11,18-19,26,32H,1,3-4,10,12-17,20-25H2,2H3,(H,44,53)(H,45,52)(H,42,43,46)/t32-/m1/s1. The van der Waals surface area contributed by atoms with Crippen LogP contribution < -0.4 is 15.5 Å². The Bertz CT molecular complexity index is 2040. The van der Waals surface area contributed by atoms with Crippen molar-refractivity contribution in [1.82, 2.24) is 40.0 Å². The van der Waals surface area contributed by atoms with Crippen LogP contribution in [-0.4, -0.2) is 131 Å². The predicted molar refractivity (Wildman–Crippen MR) is 206 cm³/mol. The van der Waals surface area contributed by atoms with E-state index >= 15 is 0 Å². The highest BCUT2D eigenvalue weighted by Crippen LogP contribution is 2.39. The molecule has 282 valence electrons. The van der Waals surface area contributed by atoms with Crippen molar-refractivity contribution in [1.29, 1.82) is 0 Å². The summed E-state index contributed by atoms with van der Waals surface area (Å²) in [6, 6.07) is 13.6. The molecule has 0 saturated carbocycles. The Morgan fingerprint density at radius 1 is 0.981 bits per heavy atom. The molecule has 4 saturated heterocycles. The number of ether oxygens (including phenoxy) is 1. The molecule has 0 aliphatic carbocycles. The average molecular weight is 733 g/mol. The van der Waals surface area contributed by atoms with Gasteiger partial charge in [0.25, 0.3) is 5.91 Å². The summed E-state index contributed by atoms with van der Waals surface area (Å²) in [5, 5.41) is 7.17. The van der Waals surface area contributed by atoms with Crippen LogP contribution in [0.2, 0.25) is 0 Å².